The maximum atomic E-state index is 12.3. The Bertz CT molecular complexity index is 599. The van der Waals surface area contributed by atoms with Crippen molar-refractivity contribution in [3.8, 4) is 5.75 Å². The van der Waals surface area contributed by atoms with Crippen LogP contribution in [0.1, 0.15) is 30.1 Å². The van der Waals surface area contributed by atoms with Crippen molar-refractivity contribution >= 4 is 17.7 Å². The van der Waals surface area contributed by atoms with E-state index in [0.29, 0.717) is 5.56 Å². The Morgan fingerprint density at radius 3 is 2.43 bits per heavy atom. The summed E-state index contributed by atoms with van der Waals surface area (Å²) in [5.41, 5.74) is 0.667. The molecule has 2 rings (SSSR count). The number of carbonyl (C=O) groups excluding carboxylic acids is 1. The molecule has 0 spiro atoms. The first kappa shape index (κ1) is 17.4. The zero-order valence-corrected chi connectivity index (χ0v) is 14.4. The van der Waals surface area contributed by atoms with Gasteiger partial charge in [0.15, 0.2) is 0 Å². The van der Waals surface area contributed by atoms with E-state index in [2.05, 4.69) is 24.4 Å². The van der Waals surface area contributed by atoms with Crippen LogP contribution in [0.15, 0.2) is 59.5 Å². The normalized spacial score (nSPS) is 11.7. The van der Waals surface area contributed by atoms with Crippen LogP contribution in [0.3, 0.4) is 0 Å². The van der Waals surface area contributed by atoms with Crippen LogP contribution in [0.5, 0.6) is 5.75 Å². The Kier molecular flexibility index (Phi) is 7.01. The van der Waals surface area contributed by atoms with E-state index in [9.17, 15) is 4.79 Å². The lowest BCUT2D eigenvalue weighted by molar-refractivity contribution is 0.0935. The summed E-state index contributed by atoms with van der Waals surface area (Å²) in [7, 11) is 1.62. The fourth-order valence-electron chi connectivity index (χ4n) is 2.23. The molecule has 0 radical (unpaired) electrons. The molecule has 122 valence electrons. The zero-order chi connectivity index (χ0) is 16.5. The van der Waals surface area contributed by atoms with Gasteiger partial charge in [0.05, 0.1) is 7.11 Å². The summed E-state index contributed by atoms with van der Waals surface area (Å²) in [6.07, 6.45) is 1.88. The number of methoxy groups -OCH3 is 1. The van der Waals surface area contributed by atoms with Crippen LogP contribution in [-0.4, -0.2) is 24.8 Å². The molecular weight excluding hydrogens is 306 g/mol. The van der Waals surface area contributed by atoms with Gasteiger partial charge in [0.2, 0.25) is 0 Å². The lowest BCUT2D eigenvalue weighted by Gasteiger charge is -2.17. The first-order valence-corrected chi connectivity index (χ1v) is 8.84. The van der Waals surface area contributed by atoms with Crippen LogP contribution in [0, 0.1) is 0 Å². The minimum absolute atomic E-state index is 0.0239. The lowest BCUT2D eigenvalue weighted by Crippen LogP contribution is -2.34. The van der Waals surface area contributed by atoms with Gasteiger partial charge in [0.25, 0.3) is 5.91 Å². The SMILES string of the molecule is CC[C@@H](CCSc1ccccc1)NC(=O)c1ccc(OC)cc1. The molecule has 2 aromatic rings. The quantitative estimate of drug-likeness (QED) is 0.730. The minimum Gasteiger partial charge on any atom is -0.497 e. The van der Waals surface area contributed by atoms with Crippen molar-refractivity contribution in [3.05, 3.63) is 60.2 Å². The minimum atomic E-state index is -0.0239. The highest BCUT2D eigenvalue weighted by Crippen LogP contribution is 2.19. The van der Waals surface area contributed by atoms with Crippen LogP contribution in [0.2, 0.25) is 0 Å². The van der Waals surface area contributed by atoms with Gasteiger partial charge in [-0.1, -0.05) is 25.1 Å². The summed E-state index contributed by atoms with van der Waals surface area (Å²) < 4.78 is 5.11. The Morgan fingerprint density at radius 2 is 1.83 bits per heavy atom. The number of ether oxygens (including phenoxy) is 1. The van der Waals surface area contributed by atoms with Gasteiger partial charge in [-0.15, -0.1) is 11.8 Å². The number of amides is 1. The van der Waals surface area contributed by atoms with Gasteiger partial charge >= 0.3 is 0 Å². The molecule has 2 aromatic carbocycles. The van der Waals surface area contributed by atoms with Crippen molar-refractivity contribution in [2.45, 2.75) is 30.7 Å². The van der Waals surface area contributed by atoms with Crippen LogP contribution in [0.4, 0.5) is 0 Å². The molecule has 0 aromatic heterocycles. The molecule has 0 aliphatic rings. The van der Waals surface area contributed by atoms with E-state index in [1.54, 1.807) is 31.4 Å². The lowest BCUT2D eigenvalue weighted by atomic mass is 10.1. The second-order valence-corrected chi connectivity index (χ2v) is 6.43. The van der Waals surface area contributed by atoms with Gasteiger partial charge in [-0.3, -0.25) is 4.79 Å². The molecule has 0 saturated heterocycles. The summed E-state index contributed by atoms with van der Waals surface area (Å²) >= 11 is 1.82. The van der Waals surface area contributed by atoms with E-state index >= 15 is 0 Å². The molecule has 4 heteroatoms. The van der Waals surface area contributed by atoms with E-state index in [4.69, 9.17) is 4.74 Å². The highest BCUT2D eigenvalue weighted by molar-refractivity contribution is 7.99. The Morgan fingerprint density at radius 1 is 1.13 bits per heavy atom. The number of hydrogen-bond donors (Lipinski definition) is 1. The first-order chi connectivity index (χ1) is 11.2. The summed E-state index contributed by atoms with van der Waals surface area (Å²) in [6.45, 7) is 2.10. The largest absolute Gasteiger partial charge is 0.497 e. The molecule has 0 aliphatic heterocycles. The summed E-state index contributed by atoms with van der Waals surface area (Å²) in [4.78, 5) is 13.6. The van der Waals surface area contributed by atoms with E-state index in [-0.39, 0.29) is 11.9 Å². The number of rotatable bonds is 8. The fourth-order valence-corrected chi connectivity index (χ4v) is 3.21. The second-order valence-electron chi connectivity index (χ2n) is 5.26. The van der Waals surface area contributed by atoms with Gasteiger partial charge in [-0.2, -0.15) is 0 Å². The molecule has 0 saturated carbocycles. The first-order valence-electron chi connectivity index (χ1n) is 7.85. The number of nitrogens with one attached hydrogen (secondary N) is 1. The van der Waals surface area contributed by atoms with Crippen molar-refractivity contribution in [2.75, 3.05) is 12.9 Å². The topological polar surface area (TPSA) is 38.3 Å². The van der Waals surface area contributed by atoms with Crippen molar-refractivity contribution < 1.29 is 9.53 Å². The number of carbonyl (C=O) groups is 1. The maximum Gasteiger partial charge on any atom is 0.251 e. The smallest absolute Gasteiger partial charge is 0.251 e. The van der Waals surface area contributed by atoms with Crippen LogP contribution in [0.25, 0.3) is 0 Å². The van der Waals surface area contributed by atoms with Gasteiger partial charge in [0.1, 0.15) is 5.75 Å². The molecule has 0 fully saturated rings. The van der Waals surface area contributed by atoms with E-state index < -0.39 is 0 Å². The standard InChI is InChI=1S/C19H23NO2S/c1-3-16(13-14-23-18-7-5-4-6-8-18)20-19(21)15-9-11-17(22-2)12-10-15/h4-12,16H,3,13-14H2,1-2H3,(H,20,21)/t16-/m0/s1. The summed E-state index contributed by atoms with van der Waals surface area (Å²) in [6, 6.07) is 17.7. The zero-order valence-electron chi connectivity index (χ0n) is 13.6. The molecule has 1 amide bonds. The maximum absolute atomic E-state index is 12.3. The molecule has 0 unspecified atom stereocenters. The molecule has 3 nitrogen and oxygen atoms in total. The van der Waals surface area contributed by atoms with Crippen molar-refractivity contribution in [2.24, 2.45) is 0 Å². The van der Waals surface area contributed by atoms with E-state index in [1.807, 2.05) is 30.0 Å². The number of benzene rings is 2. The Balaban J connectivity index is 1.82. The third-order valence-corrected chi connectivity index (χ3v) is 4.70. The van der Waals surface area contributed by atoms with E-state index in [1.165, 1.54) is 4.90 Å². The molecule has 1 atom stereocenters. The van der Waals surface area contributed by atoms with Gasteiger partial charge < -0.3 is 10.1 Å². The average Bonchev–Trinajstić information content (AvgIpc) is 2.61. The van der Waals surface area contributed by atoms with Crippen molar-refractivity contribution in [1.82, 2.24) is 5.32 Å². The number of hydrogen-bond acceptors (Lipinski definition) is 3. The summed E-state index contributed by atoms with van der Waals surface area (Å²) in [5, 5.41) is 3.11. The van der Waals surface area contributed by atoms with Crippen LogP contribution >= 0.6 is 11.8 Å². The van der Waals surface area contributed by atoms with Crippen molar-refractivity contribution in [3.63, 3.8) is 0 Å². The third kappa shape index (κ3) is 5.64. The molecule has 1 N–H and O–H groups in total. The highest BCUT2D eigenvalue weighted by atomic mass is 32.2. The predicted molar refractivity (Wildman–Crippen MR) is 96.3 cm³/mol. The fraction of sp³-hybridized carbons (Fsp3) is 0.316. The van der Waals surface area contributed by atoms with Crippen LogP contribution < -0.4 is 10.1 Å². The van der Waals surface area contributed by atoms with Gasteiger partial charge in [-0.25, -0.2) is 0 Å². The average molecular weight is 329 g/mol. The Labute approximate surface area is 142 Å². The monoisotopic (exact) mass is 329 g/mol. The highest BCUT2D eigenvalue weighted by Gasteiger charge is 2.12. The van der Waals surface area contributed by atoms with Gasteiger partial charge in [-0.05, 0) is 55.0 Å². The van der Waals surface area contributed by atoms with Crippen molar-refractivity contribution in [1.29, 1.82) is 0 Å². The molecule has 0 aliphatic carbocycles. The van der Waals surface area contributed by atoms with E-state index in [0.717, 1.165) is 24.3 Å². The molecular formula is C19H23NO2S. The van der Waals surface area contributed by atoms with Crippen LogP contribution in [-0.2, 0) is 0 Å². The second kappa shape index (κ2) is 9.26. The Hall–Kier alpha value is -1.94. The molecule has 0 bridgehead atoms. The predicted octanol–water partition coefficient (Wildman–Crippen LogP) is 4.39. The number of thioether (sulfide) groups is 1. The molecule has 23 heavy (non-hydrogen) atoms. The summed E-state index contributed by atoms with van der Waals surface area (Å²) in [5.74, 6) is 1.72. The van der Waals surface area contributed by atoms with Gasteiger partial charge in [0, 0.05) is 16.5 Å². The third-order valence-electron chi connectivity index (χ3n) is 3.66. The molecule has 0 heterocycles.